The van der Waals surface area contributed by atoms with E-state index in [1.54, 1.807) is 0 Å². The smallest absolute Gasteiger partial charge is 0.195 e. The predicted octanol–water partition coefficient (Wildman–Crippen LogP) is 13.6. The molecule has 4 aromatic carbocycles. The minimum Gasteiger partial charge on any atom is -0.250 e. The molecule has 250 valence electrons. The van der Waals surface area contributed by atoms with E-state index >= 15 is 0 Å². The summed E-state index contributed by atoms with van der Waals surface area (Å²) in [6, 6.07) is 14.6. The molecule has 0 aliphatic carbocycles. The summed E-state index contributed by atoms with van der Waals surface area (Å²) in [4.78, 5) is 7.61. The molecule has 4 aromatic rings. The second-order valence-corrected chi connectivity index (χ2v) is 26.8. The number of nitriles is 1. The van der Waals surface area contributed by atoms with Crippen molar-refractivity contribution >= 4 is 59.8 Å². The molecule has 0 unspecified atom stereocenters. The third-order valence-electron chi connectivity index (χ3n) is 11.4. The van der Waals surface area contributed by atoms with E-state index in [9.17, 15) is 5.26 Å². The molecule has 0 radical (unpaired) electrons. The highest BCUT2D eigenvalue weighted by Gasteiger charge is 2.43. The van der Waals surface area contributed by atoms with Gasteiger partial charge in [-0.1, -0.05) is 113 Å². The lowest BCUT2D eigenvalue weighted by Gasteiger charge is -2.38. The van der Waals surface area contributed by atoms with Gasteiger partial charge < -0.3 is 0 Å². The number of aryl methyl sites for hydroxylation is 1. The highest BCUT2D eigenvalue weighted by molar-refractivity contribution is 6.91. The minimum atomic E-state index is -2.13. The normalized spacial score (nSPS) is 12.1. The van der Waals surface area contributed by atoms with Gasteiger partial charge in [0, 0.05) is 11.1 Å². The number of hydrogen-bond acceptors (Lipinski definition) is 1. The lowest BCUT2D eigenvalue weighted by Crippen LogP contribution is -2.43. The van der Waals surface area contributed by atoms with Gasteiger partial charge in [-0.05, 0) is 96.3 Å². The first kappa shape index (κ1) is 37.5. The zero-order chi connectivity index (χ0) is 36.6. The molecule has 0 bridgehead atoms. The Bertz CT molecular complexity index is 2170. The summed E-state index contributed by atoms with van der Waals surface area (Å²) in [5.74, 6) is 7.59. The van der Waals surface area contributed by atoms with Gasteiger partial charge in [-0.2, -0.15) is 5.26 Å². The van der Waals surface area contributed by atoms with E-state index in [0.717, 1.165) is 49.0 Å². The number of rotatable bonds is 6. The second kappa shape index (κ2) is 14.3. The topological polar surface area (TPSA) is 32.5 Å². The third kappa shape index (κ3) is 6.31. The summed E-state index contributed by atoms with van der Waals surface area (Å²) in [7, 11) is -4.25. The maximum absolute atomic E-state index is 9.91. The Balaban J connectivity index is 2.38. The van der Waals surface area contributed by atoms with Crippen molar-refractivity contribution in [3.8, 4) is 29.0 Å². The van der Waals surface area contributed by atoms with Crippen molar-refractivity contribution in [1.82, 2.24) is 0 Å². The van der Waals surface area contributed by atoms with Crippen molar-refractivity contribution in [3.63, 3.8) is 0 Å². The third-order valence-corrected chi connectivity index (χ3v) is 24.0. The molecule has 4 rings (SSSR count). The van der Waals surface area contributed by atoms with Gasteiger partial charge in [0.1, 0.15) is 16.1 Å². The first-order chi connectivity index (χ1) is 23.0. The molecule has 0 aromatic heterocycles. The van der Waals surface area contributed by atoms with Crippen LogP contribution in [0, 0.1) is 54.3 Å². The van der Waals surface area contributed by atoms with Gasteiger partial charge in [0.05, 0.1) is 24.8 Å². The molecule has 0 N–H and O–H groups in total. The lowest BCUT2D eigenvalue weighted by molar-refractivity contribution is 0.838. The summed E-state index contributed by atoms with van der Waals surface area (Å²) < 4.78 is 0. The second-order valence-electron chi connectivity index (χ2n) is 15.7. The molecule has 0 spiro atoms. The SMILES string of the molecule is [C-]#[N+]c1cc2c(C#C[Si](C(C)C)(C(C)C)C(C)C)c3cc4cc(C)c(C#N)cc4cc3c(C#C[Si](C(C)C)(C(C)C)C(C)C)c2cc1[N+]#[C-]. The molecule has 5 heteroatoms. The minimum absolute atomic E-state index is 0.335. The predicted molar refractivity (Wildman–Crippen MR) is 217 cm³/mol. The van der Waals surface area contributed by atoms with Crippen molar-refractivity contribution in [2.24, 2.45) is 0 Å². The number of benzene rings is 4. The van der Waals surface area contributed by atoms with E-state index in [0.29, 0.717) is 50.2 Å². The monoisotopic (exact) mass is 677 g/mol. The van der Waals surface area contributed by atoms with E-state index in [4.69, 9.17) is 13.1 Å². The highest BCUT2D eigenvalue weighted by Crippen LogP contribution is 2.45. The average molecular weight is 678 g/mol. The molecular weight excluding hydrogens is 627 g/mol. The van der Waals surface area contributed by atoms with Crippen LogP contribution in [0.15, 0.2) is 36.4 Å². The van der Waals surface area contributed by atoms with Gasteiger partial charge in [-0.3, -0.25) is 9.69 Å². The van der Waals surface area contributed by atoms with E-state index in [2.05, 4.69) is 140 Å². The van der Waals surface area contributed by atoms with E-state index in [-0.39, 0.29) is 0 Å². The summed E-state index contributed by atoms with van der Waals surface area (Å²) in [6.45, 7) is 45.9. The Morgan fingerprint density at radius 2 is 0.857 bits per heavy atom. The zero-order valence-corrected chi connectivity index (χ0v) is 33.8. The van der Waals surface area contributed by atoms with Crippen LogP contribution < -0.4 is 0 Å². The van der Waals surface area contributed by atoms with Gasteiger partial charge >= 0.3 is 0 Å². The molecule has 3 nitrogen and oxygen atoms in total. The van der Waals surface area contributed by atoms with Gasteiger partial charge in [0.2, 0.25) is 0 Å². The van der Waals surface area contributed by atoms with Crippen molar-refractivity contribution in [3.05, 3.63) is 81.5 Å². The largest absolute Gasteiger partial charge is 0.250 e. The Hall–Kier alpha value is -4.32. The molecule has 0 atom stereocenters. The number of fused-ring (bicyclic) bond motifs is 3. The van der Waals surface area contributed by atoms with Crippen LogP contribution in [0.3, 0.4) is 0 Å². The molecule has 0 aliphatic heterocycles. The fourth-order valence-corrected chi connectivity index (χ4v) is 19.3. The molecule has 0 aliphatic rings. The standard InChI is InChI=1S/C44H51N3Si2/c1-27(2)48(28(3)4,29(5)6)18-16-37-39-22-34-20-33(13)36(26-45)21-35(34)23-40(39)38(17-19-49(30(7)8,31(9)10)32(11)12)42-25-44(47-15)43(46-14)24-41(37)42/h20-25,27-32H,1-13H3. The maximum Gasteiger partial charge on any atom is 0.195 e. The number of hydrogen-bond donors (Lipinski definition) is 0. The molecule has 0 saturated carbocycles. The zero-order valence-electron chi connectivity index (χ0n) is 31.8. The van der Waals surface area contributed by atoms with Crippen LogP contribution in [0.1, 0.15) is 105 Å². The van der Waals surface area contributed by atoms with Gasteiger partial charge in [0.15, 0.2) is 11.4 Å². The summed E-state index contributed by atoms with van der Waals surface area (Å²) >= 11 is 0. The fraction of sp³-hybridized carbons (Fsp3) is 0.432. The molecule has 0 heterocycles. The van der Waals surface area contributed by atoms with Crippen molar-refractivity contribution in [1.29, 1.82) is 5.26 Å². The quantitative estimate of drug-likeness (QED) is 0.0865. The summed E-state index contributed by atoms with van der Waals surface area (Å²) in [5, 5.41) is 15.7. The molecule has 0 saturated heterocycles. The van der Waals surface area contributed by atoms with Crippen LogP contribution in [0.25, 0.3) is 42.0 Å². The first-order valence-corrected chi connectivity index (χ1v) is 22.2. The summed E-state index contributed by atoms with van der Waals surface area (Å²) in [6.07, 6.45) is 0. The molecular formula is C44H51N3Si2. The molecule has 0 fully saturated rings. The van der Waals surface area contributed by atoms with Crippen molar-refractivity contribution in [2.45, 2.75) is 123 Å². The van der Waals surface area contributed by atoms with Crippen LogP contribution in [0.5, 0.6) is 0 Å². The van der Waals surface area contributed by atoms with Crippen molar-refractivity contribution in [2.75, 3.05) is 0 Å². The van der Waals surface area contributed by atoms with Gasteiger partial charge in [0.25, 0.3) is 0 Å². The van der Waals surface area contributed by atoms with Crippen LogP contribution in [0.2, 0.25) is 33.2 Å². The summed E-state index contributed by atoms with van der Waals surface area (Å²) in [5.41, 5.74) is 14.8. The molecule has 49 heavy (non-hydrogen) atoms. The van der Waals surface area contributed by atoms with Crippen LogP contribution in [-0.4, -0.2) is 16.1 Å². The van der Waals surface area contributed by atoms with Crippen LogP contribution in [0.4, 0.5) is 11.4 Å². The Morgan fingerprint density at radius 1 is 0.531 bits per heavy atom. The van der Waals surface area contributed by atoms with Crippen LogP contribution >= 0.6 is 0 Å². The van der Waals surface area contributed by atoms with E-state index in [1.807, 2.05) is 25.1 Å². The fourth-order valence-electron chi connectivity index (χ4n) is 8.93. The first-order valence-electron chi connectivity index (χ1n) is 17.7. The Labute approximate surface area is 297 Å². The number of nitrogens with zero attached hydrogens (tertiary/aromatic N) is 3. The van der Waals surface area contributed by atoms with E-state index < -0.39 is 16.1 Å². The van der Waals surface area contributed by atoms with Crippen LogP contribution in [-0.2, 0) is 0 Å². The van der Waals surface area contributed by atoms with Gasteiger partial charge in [-0.15, -0.1) is 11.1 Å². The van der Waals surface area contributed by atoms with E-state index in [1.165, 1.54) is 0 Å². The lowest BCUT2D eigenvalue weighted by atomic mass is 9.89. The Morgan fingerprint density at radius 3 is 1.16 bits per heavy atom. The Kier molecular flexibility index (Phi) is 10.9. The highest BCUT2D eigenvalue weighted by atomic mass is 28.3. The van der Waals surface area contributed by atoms with Gasteiger partial charge in [-0.25, -0.2) is 0 Å². The van der Waals surface area contributed by atoms with Crippen molar-refractivity contribution < 1.29 is 0 Å². The maximum atomic E-state index is 9.91. The average Bonchev–Trinajstić information content (AvgIpc) is 3.03. The molecule has 0 amide bonds.